The van der Waals surface area contributed by atoms with Gasteiger partial charge in [-0.1, -0.05) is 35.9 Å². The maximum absolute atomic E-state index is 14.0. The molecule has 0 N–H and O–H groups in total. The van der Waals surface area contributed by atoms with E-state index in [-0.39, 0.29) is 10.6 Å². The topological polar surface area (TPSA) is 23.6 Å². The van der Waals surface area contributed by atoms with Crippen LogP contribution in [0.4, 0.5) is 10.1 Å². The summed E-state index contributed by atoms with van der Waals surface area (Å²) in [6, 6.07) is 12.4. The Kier molecular flexibility index (Phi) is 5.59. The zero-order valence-electron chi connectivity index (χ0n) is 14.3. The van der Waals surface area contributed by atoms with Crippen LogP contribution in [-0.4, -0.2) is 30.9 Å². The van der Waals surface area contributed by atoms with Crippen molar-refractivity contribution in [3.05, 3.63) is 64.4 Å². The number of carbonyl (C=O) groups excluding carboxylic acids is 1. The van der Waals surface area contributed by atoms with Crippen LogP contribution in [0, 0.1) is 5.82 Å². The molecule has 1 saturated heterocycles. The van der Waals surface area contributed by atoms with Crippen molar-refractivity contribution >= 4 is 23.2 Å². The van der Waals surface area contributed by atoms with E-state index in [0.29, 0.717) is 6.54 Å². The number of piperidine rings is 1. The van der Waals surface area contributed by atoms with Crippen molar-refractivity contribution in [2.75, 3.05) is 25.0 Å². The number of rotatable bonds is 4. The molecule has 1 amide bonds. The minimum absolute atomic E-state index is 0.0675. The molecule has 5 heteroatoms. The van der Waals surface area contributed by atoms with Gasteiger partial charge in [0.15, 0.2) is 0 Å². The molecule has 0 saturated carbocycles. The normalized spacial score (nSPS) is 14.4. The summed E-state index contributed by atoms with van der Waals surface area (Å²) in [7, 11) is 1.68. The number of amides is 1. The summed E-state index contributed by atoms with van der Waals surface area (Å²) in [5.41, 5.74) is 2.15. The van der Waals surface area contributed by atoms with Crippen molar-refractivity contribution in [3.8, 4) is 0 Å². The second-order valence-corrected chi connectivity index (χ2v) is 6.84. The predicted octanol–water partition coefficient (Wildman–Crippen LogP) is 4.74. The van der Waals surface area contributed by atoms with Gasteiger partial charge in [-0.15, -0.1) is 0 Å². The highest BCUT2D eigenvalue weighted by Gasteiger charge is 2.21. The third kappa shape index (κ3) is 3.96. The molecule has 1 aliphatic rings. The molecule has 3 nitrogen and oxygen atoms in total. The molecule has 0 atom stereocenters. The first-order valence-corrected chi connectivity index (χ1v) is 8.98. The van der Waals surface area contributed by atoms with E-state index in [0.717, 1.165) is 24.3 Å². The van der Waals surface area contributed by atoms with E-state index in [1.807, 2.05) is 18.2 Å². The molecule has 0 spiro atoms. The Balaban J connectivity index is 1.81. The van der Waals surface area contributed by atoms with Gasteiger partial charge in [-0.25, -0.2) is 4.39 Å². The number of carbonyl (C=O) groups is 1. The summed E-state index contributed by atoms with van der Waals surface area (Å²) >= 11 is 6.03. The highest BCUT2D eigenvalue weighted by Crippen LogP contribution is 2.26. The van der Waals surface area contributed by atoms with Crippen LogP contribution in [0.2, 0.25) is 5.02 Å². The van der Waals surface area contributed by atoms with Gasteiger partial charge >= 0.3 is 0 Å². The van der Waals surface area contributed by atoms with E-state index in [2.05, 4.69) is 11.0 Å². The molecule has 0 aromatic heterocycles. The summed E-state index contributed by atoms with van der Waals surface area (Å²) < 4.78 is 14.0. The fraction of sp³-hybridized carbons (Fsp3) is 0.350. The van der Waals surface area contributed by atoms with Crippen molar-refractivity contribution in [3.63, 3.8) is 0 Å². The molecular weight excluding hydrogens is 339 g/mol. The monoisotopic (exact) mass is 360 g/mol. The summed E-state index contributed by atoms with van der Waals surface area (Å²) in [4.78, 5) is 16.6. The van der Waals surface area contributed by atoms with E-state index in [4.69, 9.17) is 11.6 Å². The van der Waals surface area contributed by atoms with E-state index in [1.165, 1.54) is 42.4 Å². The second kappa shape index (κ2) is 7.87. The van der Waals surface area contributed by atoms with Gasteiger partial charge < -0.3 is 9.80 Å². The van der Waals surface area contributed by atoms with E-state index in [1.54, 1.807) is 7.05 Å². The first-order chi connectivity index (χ1) is 12.1. The lowest BCUT2D eigenvalue weighted by Gasteiger charge is -2.31. The van der Waals surface area contributed by atoms with Crippen molar-refractivity contribution in [2.24, 2.45) is 0 Å². The second-order valence-electron chi connectivity index (χ2n) is 6.43. The molecule has 2 aromatic rings. The molecule has 1 aliphatic heterocycles. The number of halogens is 2. The molecule has 1 heterocycles. The Morgan fingerprint density at radius 3 is 2.56 bits per heavy atom. The van der Waals surface area contributed by atoms with Crippen LogP contribution in [0.15, 0.2) is 42.5 Å². The lowest BCUT2D eigenvalue weighted by atomic mass is 10.1. The van der Waals surface area contributed by atoms with Crippen LogP contribution in [0.1, 0.15) is 35.2 Å². The summed E-state index contributed by atoms with van der Waals surface area (Å²) in [5.74, 6) is -0.995. The summed E-state index contributed by atoms with van der Waals surface area (Å²) in [6.07, 6.45) is 3.64. The Bertz CT molecular complexity index is 739. The predicted molar refractivity (Wildman–Crippen MR) is 99.7 cm³/mol. The Morgan fingerprint density at radius 2 is 1.84 bits per heavy atom. The van der Waals surface area contributed by atoms with Gasteiger partial charge in [-0.2, -0.15) is 0 Å². The first-order valence-electron chi connectivity index (χ1n) is 8.60. The van der Waals surface area contributed by atoms with Crippen LogP contribution < -0.4 is 4.90 Å². The van der Waals surface area contributed by atoms with Crippen LogP contribution in [-0.2, 0) is 6.54 Å². The number of hydrogen-bond donors (Lipinski definition) is 0. The lowest BCUT2D eigenvalue weighted by Crippen LogP contribution is -2.32. The smallest absolute Gasteiger partial charge is 0.258 e. The van der Waals surface area contributed by atoms with Gasteiger partial charge in [-0.05, 0) is 43.0 Å². The van der Waals surface area contributed by atoms with Gasteiger partial charge in [0.1, 0.15) is 5.82 Å². The van der Waals surface area contributed by atoms with Gasteiger partial charge in [0.2, 0.25) is 0 Å². The van der Waals surface area contributed by atoms with Crippen molar-refractivity contribution in [1.82, 2.24) is 4.90 Å². The fourth-order valence-electron chi connectivity index (χ4n) is 3.31. The molecule has 132 valence electrons. The first kappa shape index (κ1) is 17.7. The molecule has 25 heavy (non-hydrogen) atoms. The molecule has 0 unspecified atom stereocenters. The van der Waals surface area contributed by atoms with E-state index < -0.39 is 11.7 Å². The van der Waals surface area contributed by atoms with Gasteiger partial charge in [0.05, 0.1) is 10.6 Å². The number of anilines is 1. The minimum atomic E-state index is -0.589. The average molecular weight is 361 g/mol. The SMILES string of the molecule is CN(Cc1ccccc1N1CCCCC1)C(=O)c1c(F)cccc1Cl. The third-order valence-corrected chi connectivity index (χ3v) is 4.93. The number of hydrogen-bond acceptors (Lipinski definition) is 2. The number of para-hydroxylation sites is 1. The molecule has 2 aromatic carbocycles. The van der Waals surface area contributed by atoms with Crippen LogP contribution in [0.3, 0.4) is 0 Å². The number of benzene rings is 2. The Hall–Kier alpha value is -2.07. The average Bonchev–Trinajstić information content (AvgIpc) is 2.62. The lowest BCUT2D eigenvalue weighted by molar-refractivity contribution is 0.0781. The van der Waals surface area contributed by atoms with E-state index >= 15 is 0 Å². The number of nitrogens with zero attached hydrogens (tertiary/aromatic N) is 2. The molecule has 1 fully saturated rings. The summed E-state index contributed by atoms with van der Waals surface area (Å²) in [6.45, 7) is 2.48. The third-order valence-electron chi connectivity index (χ3n) is 4.62. The molecule has 3 rings (SSSR count). The van der Waals surface area contributed by atoms with Gasteiger partial charge in [-0.3, -0.25) is 4.79 Å². The van der Waals surface area contributed by atoms with Crippen molar-refractivity contribution in [2.45, 2.75) is 25.8 Å². The highest BCUT2D eigenvalue weighted by molar-refractivity contribution is 6.33. The zero-order valence-corrected chi connectivity index (χ0v) is 15.1. The maximum atomic E-state index is 14.0. The highest BCUT2D eigenvalue weighted by atomic mass is 35.5. The van der Waals surface area contributed by atoms with Crippen LogP contribution in [0.5, 0.6) is 0 Å². The molecular formula is C20H22ClFN2O. The van der Waals surface area contributed by atoms with Crippen LogP contribution in [0.25, 0.3) is 0 Å². The minimum Gasteiger partial charge on any atom is -0.371 e. The zero-order chi connectivity index (χ0) is 17.8. The van der Waals surface area contributed by atoms with Crippen LogP contribution >= 0.6 is 11.6 Å². The Labute approximate surface area is 153 Å². The largest absolute Gasteiger partial charge is 0.371 e. The van der Waals surface area contributed by atoms with E-state index in [9.17, 15) is 9.18 Å². The van der Waals surface area contributed by atoms with Crippen molar-refractivity contribution < 1.29 is 9.18 Å². The fourth-order valence-corrected chi connectivity index (χ4v) is 3.55. The summed E-state index contributed by atoms with van der Waals surface area (Å²) in [5, 5.41) is 0.140. The Morgan fingerprint density at radius 1 is 1.12 bits per heavy atom. The van der Waals surface area contributed by atoms with Gasteiger partial charge in [0, 0.05) is 32.4 Å². The maximum Gasteiger partial charge on any atom is 0.258 e. The van der Waals surface area contributed by atoms with Gasteiger partial charge in [0.25, 0.3) is 5.91 Å². The molecule has 0 aliphatic carbocycles. The standard InChI is InChI=1S/C20H22ClFN2O/c1-23(20(25)19-16(21)9-7-10-17(19)22)14-15-8-3-4-11-18(15)24-12-5-2-6-13-24/h3-4,7-11H,2,5-6,12-14H2,1H3. The molecule has 0 bridgehead atoms. The quantitative estimate of drug-likeness (QED) is 0.786. The molecule has 0 radical (unpaired) electrons. The van der Waals surface area contributed by atoms with Crippen molar-refractivity contribution in [1.29, 1.82) is 0 Å².